The van der Waals surface area contributed by atoms with Crippen molar-refractivity contribution in [3.8, 4) is 0 Å². The monoisotopic (exact) mass is 610 g/mol. The molecule has 9 atom stereocenters. The van der Waals surface area contributed by atoms with Crippen LogP contribution in [0.15, 0.2) is 76.5 Å². The lowest BCUT2D eigenvalue weighted by Crippen LogP contribution is -2.56. The third kappa shape index (κ3) is 6.31. The van der Waals surface area contributed by atoms with Crippen molar-refractivity contribution in [1.82, 2.24) is 0 Å². The lowest BCUT2D eigenvalue weighted by Gasteiger charge is -2.60. The van der Waals surface area contributed by atoms with Crippen LogP contribution < -0.4 is 0 Å². The van der Waals surface area contributed by atoms with Crippen LogP contribution >= 0.6 is 0 Å². The molecule has 242 valence electrons. The van der Waals surface area contributed by atoms with Crippen LogP contribution in [0.2, 0.25) is 0 Å². The van der Waals surface area contributed by atoms with Crippen LogP contribution in [-0.4, -0.2) is 23.3 Å². The second-order valence-electron chi connectivity index (χ2n) is 15.7. The van der Waals surface area contributed by atoms with E-state index in [-0.39, 0.29) is 17.5 Å². The number of rotatable bonds is 9. The molecule has 2 aromatic rings. The standard InChI is InChI=1S/C40H54N2O3/c1-26(2)10-9-11-27(3)34-20-21-35-33-19-16-29-24-32(43)25-37(40(29,5)36(33)22-23-39(34,35)4)45-38(44)28-14-17-31(18-15-28)42-41-30-12-7-6-8-13-30/h6-8,12-18,26-27,32-37,43H,9-11,19-25H2,1-5H3/b42-41+/t27-,32-,33+,34-,35+,36+,37?,39-,40+/m1/s1. The first-order valence-corrected chi connectivity index (χ1v) is 17.7. The number of carbonyl (C=O) groups is 1. The Hall–Kier alpha value is -2.79. The maximum absolute atomic E-state index is 13.6. The van der Waals surface area contributed by atoms with E-state index in [1.807, 2.05) is 42.5 Å². The lowest BCUT2D eigenvalue weighted by atomic mass is 9.46. The van der Waals surface area contributed by atoms with E-state index in [1.165, 1.54) is 50.5 Å². The number of hydrogen-bond donors (Lipinski definition) is 1. The van der Waals surface area contributed by atoms with Gasteiger partial charge in [0.2, 0.25) is 0 Å². The van der Waals surface area contributed by atoms with Gasteiger partial charge in [0.25, 0.3) is 0 Å². The minimum atomic E-state index is -0.476. The Morgan fingerprint density at radius 3 is 2.36 bits per heavy atom. The Kier molecular flexibility index (Phi) is 9.39. The summed E-state index contributed by atoms with van der Waals surface area (Å²) in [5.41, 5.74) is 3.47. The third-order valence-corrected chi connectivity index (χ3v) is 12.7. The highest BCUT2D eigenvalue weighted by molar-refractivity contribution is 5.90. The van der Waals surface area contributed by atoms with Crippen molar-refractivity contribution < 1.29 is 14.6 Å². The zero-order valence-corrected chi connectivity index (χ0v) is 28.1. The average molecular weight is 611 g/mol. The molecule has 0 amide bonds. The number of azo groups is 1. The molecule has 0 bridgehead atoms. The van der Waals surface area contributed by atoms with Crippen LogP contribution in [0, 0.1) is 46.3 Å². The highest BCUT2D eigenvalue weighted by Crippen LogP contribution is 2.67. The fourth-order valence-corrected chi connectivity index (χ4v) is 10.3. The number of fused-ring (bicyclic) bond motifs is 5. The van der Waals surface area contributed by atoms with Gasteiger partial charge in [0.05, 0.1) is 23.0 Å². The van der Waals surface area contributed by atoms with Crippen LogP contribution in [-0.2, 0) is 4.74 Å². The zero-order valence-electron chi connectivity index (χ0n) is 28.1. The van der Waals surface area contributed by atoms with Crippen molar-refractivity contribution in [3.05, 3.63) is 71.8 Å². The van der Waals surface area contributed by atoms with Crippen molar-refractivity contribution in [2.75, 3.05) is 0 Å². The van der Waals surface area contributed by atoms with Gasteiger partial charge in [-0.1, -0.05) is 83.7 Å². The largest absolute Gasteiger partial charge is 0.458 e. The van der Waals surface area contributed by atoms with Gasteiger partial charge in [-0.25, -0.2) is 4.79 Å². The molecule has 0 heterocycles. The van der Waals surface area contributed by atoms with E-state index < -0.39 is 6.10 Å². The quantitative estimate of drug-likeness (QED) is 0.174. The molecule has 45 heavy (non-hydrogen) atoms. The molecule has 3 fully saturated rings. The summed E-state index contributed by atoms with van der Waals surface area (Å²) in [6, 6.07) is 16.8. The van der Waals surface area contributed by atoms with Gasteiger partial charge in [0, 0.05) is 11.8 Å². The molecule has 1 unspecified atom stereocenters. The SMILES string of the molecule is CC(C)CCC[C@@H](C)[C@H]1CC[C@H]2[C@@H]3CC=C4C[C@@H](O)CC(OC(=O)c5ccc(/N=N/c6ccccc6)cc5)[C@]4(C)[C@H]3CC[C@]12C. The average Bonchev–Trinajstić information content (AvgIpc) is 3.38. The number of allylic oxidation sites excluding steroid dienone is 1. The molecule has 3 saturated carbocycles. The van der Waals surface area contributed by atoms with Crippen molar-refractivity contribution in [2.24, 2.45) is 56.6 Å². The first-order valence-electron chi connectivity index (χ1n) is 17.7. The summed E-state index contributed by atoms with van der Waals surface area (Å²) >= 11 is 0. The van der Waals surface area contributed by atoms with E-state index in [2.05, 4.69) is 50.9 Å². The van der Waals surface area contributed by atoms with E-state index in [0.29, 0.717) is 41.3 Å². The number of aliphatic hydroxyl groups excluding tert-OH is 1. The molecule has 0 radical (unpaired) electrons. The van der Waals surface area contributed by atoms with E-state index in [1.54, 1.807) is 12.1 Å². The van der Waals surface area contributed by atoms with E-state index in [9.17, 15) is 9.90 Å². The molecule has 0 saturated heterocycles. The second kappa shape index (κ2) is 13.1. The smallest absolute Gasteiger partial charge is 0.338 e. The first kappa shape index (κ1) is 32.2. The minimum absolute atomic E-state index is 0.232. The zero-order chi connectivity index (χ0) is 31.8. The molecule has 0 aliphatic heterocycles. The molecular formula is C40H54N2O3. The Balaban J connectivity index is 1.17. The fraction of sp³-hybridized carbons (Fsp3) is 0.625. The normalized spacial score (nSPS) is 35.0. The van der Waals surface area contributed by atoms with E-state index >= 15 is 0 Å². The number of esters is 1. The topological polar surface area (TPSA) is 71.2 Å². The molecule has 4 aliphatic carbocycles. The highest BCUT2D eigenvalue weighted by Gasteiger charge is 2.61. The lowest BCUT2D eigenvalue weighted by molar-refractivity contribution is -0.113. The summed E-state index contributed by atoms with van der Waals surface area (Å²) in [5.74, 6) is 3.89. The van der Waals surface area contributed by atoms with Gasteiger partial charge in [-0.05, 0) is 116 Å². The molecule has 0 spiro atoms. The van der Waals surface area contributed by atoms with Crippen LogP contribution in [0.3, 0.4) is 0 Å². The Morgan fingerprint density at radius 1 is 0.933 bits per heavy atom. The number of ether oxygens (including phenoxy) is 1. The second-order valence-corrected chi connectivity index (χ2v) is 15.7. The van der Waals surface area contributed by atoms with Crippen molar-refractivity contribution in [2.45, 2.75) is 111 Å². The van der Waals surface area contributed by atoms with Gasteiger partial charge < -0.3 is 9.84 Å². The Morgan fingerprint density at radius 2 is 1.64 bits per heavy atom. The number of nitrogens with zero attached hydrogens (tertiary/aromatic N) is 2. The van der Waals surface area contributed by atoms with Crippen molar-refractivity contribution in [1.29, 1.82) is 0 Å². The first-order chi connectivity index (χ1) is 21.6. The highest BCUT2D eigenvalue weighted by atomic mass is 16.5. The van der Waals surface area contributed by atoms with Crippen LogP contribution in [0.5, 0.6) is 0 Å². The van der Waals surface area contributed by atoms with Gasteiger partial charge in [-0.3, -0.25) is 0 Å². The molecule has 6 rings (SSSR count). The summed E-state index contributed by atoms with van der Waals surface area (Å²) in [6.45, 7) is 12.2. The summed E-state index contributed by atoms with van der Waals surface area (Å²) < 4.78 is 6.40. The number of aliphatic hydroxyl groups is 1. The van der Waals surface area contributed by atoms with Gasteiger partial charge in [0.15, 0.2) is 0 Å². The van der Waals surface area contributed by atoms with Crippen molar-refractivity contribution >= 4 is 17.3 Å². The summed E-state index contributed by atoms with van der Waals surface area (Å²) in [7, 11) is 0. The minimum Gasteiger partial charge on any atom is -0.458 e. The maximum Gasteiger partial charge on any atom is 0.338 e. The fourth-order valence-electron chi connectivity index (χ4n) is 10.3. The molecule has 5 nitrogen and oxygen atoms in total. The van der Waals surface area contributed by atoms with Gasteiger partial charge in [-0.15, -0.1) is 0 Å². The molecule has 2 aromatic carbocycles. The van der Waals surface area contributed by atoms with Crippen molar-refractivity contribution in [3.63, 3.8) is 0 Å². The van der Waals surface area contributed by atoms with E-state index in [0.717, 1.165) is 35.8 Å². The maximum atomic E-state index is 13.6. The predicted octanol–water partition coefficient (Wildman–Crippen LogP) is 10.6. The molecular weight excluding hydrogens is 556 g/mol. The molecule has 5 heteroatoms. The summed E-state index contributed by atoms with van der Waals surface area (Å²) in [6.07, 6.45) is 13.1. The van der Waals surface area contributed by atoms with Gasteiger partial charge in [-0.2, -0.15) is 10.2 Å². The summed E-state index contributed by atoms with van der Waals surface area (Å²) in [4.78, 5) is 13.6. The number of carbonyl (C=O) groups excluding carboxylic acids is 1. The molecule has 0 aromatic heterocycles. The van der Waals surface area contributed by atoms with Gasteiger partial charge >= 0.3 is 5.97 Å². The Bertz CT molecular complexity index is 1380. The number of benzene rings is 2. The molecule has 4 aliphatic rings. The third-order valence-electron chi connectivity index (χ3n) is 12.7. The molecule has 1 N–H and O–H groups in total. The summed E-state index contributed by atoms with van der Waals surface area (Å²) in [5, 5.41) is 19.5. The predicted molar refractivity (Wildman–Crippen MR) is 181 cm³/mol. The van der Waals surface area contributed by atoms with Crippen LogP contribution in [0.25, 0.3) is 0 Å². The van der Waals surface area contributed by atoms with E-state index in [4.69, 9.17) is 4.74 Å². The Labute approximate surface area is 271 Å². The van der Waals surface area contributed by atoms with Crippen LogP contribution in [0.4, 0.5) is 11.4 Å². The van der Waals surface area contributed by atoms with Gasteiger partial charge in [0.1, 0.15) is 6.10 Å². The van der Waals surface area contributed by atoms with Crippen LogP contribution in [0.1, 0.15) is 109 Å². The number of hydrogen-bond acceptors (Lipinski definition) is 5.